The molecule has 1 aliphatic heterocycles. The Kier molecular flexibility index (Phi) is 6.06. The third-order valence-electron chi connectivity index (χ3n) is 6.41. The number of aryl methyl sites for hydroxylation is 1. The van der Waals surface area contributed by atoms with E-state index in [2.05, 4.69) is 25.7 Å². The molecule has 2 atom stereocenters. The second kappa shape index (κ2) is 8.56. The highest BCUT2D eigenvalue weighted by molar-refractivity contribution is 7.19. The number of aromatic nitrogens is 2. The molecule has 2 aromatic heterocycles. The maximum absolute atomic E-state index is 12.2. The molecular formula is C22H32N4O2S. The van der Waals surface area contributed by atoms with E-state index in [9.17, 15) is 4.79 Å². The van der Waals surface area contributed by atoms with Gasteiger partial charge >= 0.3 is 0 Å². The Hall–Kier alpha value is -1.73. The van der Waals surface area contributed by atoms with Crippen LogP contribution in [0.4, 0.5) is 5.82 Å². The van der Waals surface area contributed by atoms with Crippen molar-refractivity contribution in [3.8, 4) is 0 Å². The highest BCUT2D eigenvalue weighted by Crippen LogP contribution is 2.41. The second-order valence-corrected chi connectivity index (χ2v) is 9.63. The molecule has 29 heavy (non-hydrogen) atoms. The van der Waals surface area contributed by atoms with E-state index < -0.39 is 0 Å². The molecule has 0 radical (unpaired) electrons. The highest BCUT2D eigenvalue weighted by Gasteiger charge is 2.29. The fourth-order valence-electron chi connectivity index (χ4n) is 4.35. The number of ether oxygens (including phenoxy) is 1. The summed E-state index contributed by atoms with van der Waals surface area (Å²) in [5, 5.41) is 1.28. The van der Waals surface area contributed by atoms with Crippen LogP contribution in [0.2, 0.25) is 0 Å². The van der Waals surface area contributed by atoms with Crippen LogP contribution in [-0.4, -0.2) is 60.7 Å². The summed E-state index contributed by atoms with van der Waals surface area (Å²) in [6.45, 7) is 9.96. The lowest BCUT2D eigenvalue weighted by Crippen LogP contribution is -2.50. The summed E-state index contributed by atoms with van der Waals surface area (Å²) < 4.78 is 5.02. The Labute approximate surface area is 177 Å². The van der Waals surface area contributed by atoms with Gasteiger partial charge in [0.2, 0.25) is 5.91 Å². The Bertz CT molecular complexity index is 889. The second-order valence-electron chi connectivity index (χ2n) is 8.55. The molecule has 6 nitrogen and oxygen atoms in total. The lowest BCUT2D eigenvalue weighted by Gasteiger charge is -2.36. The van der Waals surface area contributed by atoms with Crippen LogP contribution in [0.15, 0.2) is 0 Å². The van der Waals surface area contributed by atoms with E-state index >= 15 is 0 Å². The molecule has 0 N–H and O–H groups in total. The molecule has 0 spiro atoms. The Morgan fingerprint density at radius 2 is 2.03 bits per heavy atom. The highest BCUT2D eigenvalue weighted by atomic mass is 32.1. The predicted octanol–water partition coefficient (Wildman–Crippen LogP) is 3.62. The van der Waals surface area contributed by atoms with Crippen LogP contribution in [-0.2, 0) is 22.4 Å². The molecule has 0 aromatic carbocycles. The third kappa shape index (κ3) is 3.99. The molecule has 0 bridgehead atoms. The first-order chi connectivity index (χ1) is 14.0. The zero-order valence-corrected chi connectivity index (χ0v) is 18.8. The van der Waals surface area contributed by atoms with Crippen molar-refractivity contribution in [2.24, 2.45) is 5.92 Å². The lowest BCUT2D eigenvalue weighted by atomic mass is 9.89. The van der Waals surface area contributed by atoms with Crippen LogP contribution in [0.1, 0.15) is 55.8 Å². The zero-order valence-electron chi connectivity index (χ0n) is 18.0. The summed E-state index contributed by atoms with van der Waals surface area (Å²) >= 11 is 1.88. The minimum absolute atomic E-state index is 0.0715. The lowest BCUT2D eigenvalue weighted by molar-refractivity contribution is -0.135. The average molecular weight is 417 g/mol. The molecule has 4 rings (SSSR count). The van der Waals surface area contributed by atoms with Gasteiger partial charge in [-0.15, -0.1) is 11.3 Å². The fraction of sp³-hybridized carbons (Fsp3) is 0.682. The summed E-state index contributed by atoms with van der Waals surface area (Å²) in [6.07, 6.45) is 4.56. The smallest absolute Gasteiger partial charge is 0.248 e. The summed E-state index contributed by atoms with van der Waals surface area (Å²) in [5.41, 5.74) is 1.48. The molecule has 3 heterocycles. The number of carbonyl (C=O) groups excluding carboxylic acids is 1. The van der Waals surface area contributed by atoms with E-state index in [1.807, 2.05) is 16.2 Å². The molecule has 1 amide bonds. The molecule has 1 aliphatic carbocycles. The standard InChI is InChI=1S/C22H32N4O2S/c1-5-15(3)20-23-21(26-10-8-25(9-11-26)18(27)13-28-4)19-16-7-6-14(2)12-17(16)29-22(19)24-20/h14-15H,5-13H2,1-4H3/t14-,15-/m0/s1. The maximum Gasteiger partial charge on any atom is 0.248 e. The van der Waals surface area contributed by atoms with Gasteiger partial charge in [-0.3, -0.25) is 4.79 Å². The molecule has 1 saturated heterocycles. The summed E-state index contributed by atoms with van der Waals surface area (Å²) in [5.74, 6) is 3.22. The van der Waals surface area contributed by atoms with Gasteiger partial charge in [0.1, 0.15) is 23.1 Å². The van der Waals surface area contributed by atoms with Crippen LogP contribution < -0.4 is 4.90 Å². The number of methoxy groups -OCH3 is 1. The first-order valence-corrected chi connectivity index (χ1v) is 11.7. The average Bonchev–Trinajstić information content (AvgIpc) is 3.10. The van der Waals surface area contributed by atoms with Crippen LogP contribution >= 0.6 is 11.3 Å². The van der Waals surface area contributed by atoms with Crippen molar-refractivity contribution in [3.63, 3.8) is 0 Å². The number of piperazine rings is 1. The van der Waals surface area contributed by atoms with Gasteiger partial charge in [0.25, 0.3) is 0 Å². The molecule has 0 saturated carbocycles. The van der Waals surface area contributed by atoms with E-state index in [-0.39, 0.29) is 12.5 Å². The van der Waals surface area contributed by atoms with Gasteiger partial charge in [0.05, 0.1) is 5.39 Å². The van der Waals surface area contributed by atoms with Crippen molar-refractivity contribution >= 4 is 33.3 Å². The van der Waals surface area contributed by atoms with Gasteiger partial charge in [-0.1, -0.05) is 20.8 Å². The Balaban J connectivity index is 1.70. The van der Waals surface area contributed by atoms with Gasteiger partial charge < -0.3 is 14.5 Å². The Morgan fingerprint density at radius 3 is 2.72 bits per heavy atom. The van der Waals surface area contributed by atoms with E-state index in [0.29, 0.717) is 5.92 Å². The van der Waals surface area contributed by atoms with E-state index in [4.69, 9.17) is 14.7 Å². The van der Waals surface area contributed by atoms with Crippen LogP contribution in [0, 0.1) is 5.92 Å². The van der Waals surface area contributed by atoms with Gasteiger partial charge in [-0.05, 0) is 37.2 Å². The number of carbonyl (C=O) groups is 1. The quantitative estimate of drug-likeness (QED) is 0.745. The number of hydrogen-bond donors (Lipinski definition) is 0. The molecule has 158 valence electrons. The largest absolute Gasteiger partial charge is 0.375 e. The number of hydrogen-bond acceptors (Lipinski definition) is 6. The number of nitrogens with zero attached hydrogens (tertiary/aromatic N) is 4. The van der Waals surface area contributed by atoms with Crippen molar-refractivity contribution in [2.75, 3.05) is 44.8 Å². The van der Waals surface area contributed by atoms with Gasteiger partial charge in [-0.2, -0.15) is 0 Å². The van der Waals surface area contributed by atoms with Gasteiger partial charge in [0.15, 0.2) is 0 Å². The number of thiophene rings is 1. The van der Waals surface area contributed by atoms with Crippen LogP contribution in [0.3, 0.4) is 0 Å². The topological polar surface area (TPSA) is 58.6 Å². The van der Waals surface area contributed by atoms with Crippen molar-refractivity contribution in [3.05, 3.63) is 16.3 Å². The molecule has 7 heteroatoms. The van der Waals surface area contributed by atoms with Crippen molar-refractivity contribution in [1.82, 2.24) is 14.9 Å². The molecule has 2 aromatic rings. The monoisotopic (exact) mass is 416 g/mol. The van der Waals surface area contributed by atoms with Crippen molar-refractivity contribution in [2.45, 2.75) is 52.4 Å². The first kappa shape index (κ1) is 20.5. The molecule has 1 fully saturated rings. The van der Waals surface area contributed by atoms with Gasteiger partial charge in [-0.25, -0.2) is 9.97 Å². The van der Waals surface area contributed by atoms with E-state index in [0.717, 1.165) is 67.8 Å². The number of anilines is 1. The predicted molar refractivity (Wildman–Crippen MR) is 118 cm³/mol. The fourth-order valence-corrected chi connectivity index (χ4v) is 5.74. The number of rotatable bonds is 5. The number of fused-ring (bicyclic) bond motifs is 3. The SMILES string of the molecule is CC[C@H](C)c1nc(N2CCN(C(=O)COC)CC2)c2c3c(sc2n1)C[C@@H](C)CC3. The van der Waals surface area contributed by atoms with Crippen molar-refractivity contribution in [1.29, 1.82) is 0 Å². The van der Waals surface area contributed by atoms with E-state index in [1.165, 1.54) is 22.2 Å². The molecule has 0 unspecified atom stereocenters. The van der Waals surface area contributed by atoms with Crippen LogP contribution in [0.5, 0.6) is 0 Å². The summed E-state index contributed by atoms with van der Waals surface area (Å²) in [4.78, 5) is 29.2. The molecular weight excluding hydrogens is 384 g/mol. The third-order valence-corrected chi connectivity index (χ3v) is 7.55. The number of amides is 1. The van der Waals surface area contributed by atoms with Crippen LogP contribution in [0.25, 0.3) is 10.2 Å². The minimum atomic E-state index is 0.0715. The molecule has 2 aliphatic rings. The summed E-state index contributed by atoms with van der Waals surface area (Å²) in [6, 6.07) is 0. The maximum atomic E-state index is 12.2. The Morgan fingerprint density at radius 1 is 1.28 bits per heavy atom. The first-order valence-electron chi connectivity index (χ1n) is 10.9. The van der Waals surface area contributed by atoms with Crippen molar-refractivity contribution < 1.29 is 9.53 Å². The minimum Gasteiger partial charge on any atom is -0.375 e. The summed E-state index contributed by atoms with van der Waals surface area (Å²) in [7, 11) is 1.57. The zero-order chi connectivity index (χ0) is 20.5. The normalized spacial score (nSPS) is 20.8. The van der Waals surface area contributed by atoms with Gasteiger partial charge in [0, 0.05) is 44.1 Å². The van der Waals surface area contributed by atoms with E-state index in [1.54, 1.807) is 7.11 Å².